The summed E-state index contributed by atoms with van der Waals surface area (Å²) < 4.78 is 43.4. The smallest absolute Gasteiger partial charge is 0.416 e. The van der Waals surface area contributed by atoms with Crippen LogP contribution in [0.15, 0.2) is 34.7 Å². The molecule has 0 aliphatic carbocycles. The molecule has 0 spiro atoms. The van der Waals surface area contributed by atoms with Gasteiger partial charge < -0.3 is 14.4 Å². The molecule has 0 unspecified atom stereocenters. The van der Waals surface area contributed by atoms with Crippen LogP contribution in [-0.2, 0) is 23.9 Å². The highest BCUT2D eigenvalue weighted by molar-refractivity contribution is 5.88. The normalized spacial score (nSPS) is 11.4. The minimum Gasteiger partial charge on any atom is -0.478 e. The number of aryl methyl sites for hydroxylation is 1. The third-order valence-electron chi connectivity index (χ3n) is 3.63. The zero-order chi connectivity index (χ0) is 18.8. The average Bonchev–Trinajstić information content (AvgIpc) is 2.87. The Labute approximate surface area is 141 Å². The van der Waals surface area contributed by atoms with Crippen LogP contribution in [0.4, 0.5) is 13.2 Å². The van der Waals surface area contributed by atoms with Gasteiger partial charge in [-0.2, -0.15) is 13.2 Å². The van der Waals surface area contributed by atoms with E-state index in [0.717, 1.165) is 12.1 Å². The minimum atomic E-state index is -4.47. The number of halogens is 3. The van der Waals surface area contributed by atoms with Crippen molar-refractivity contribution in [1.29, 1.82) is 0 Å². The van der Waals surface area contributed by atoms with Crippen LogP contribution in [0.5, 0.6) is 0 Å². The molecule has 0 saturated carbocycles. The van der Waals surface area contributed by atoms with Crippen LogP contribution in [-0.4, -0.2) is 28.9 Å². The van der Waals surface area contributed by atoms with Crippen LogP contribution in [0.25, 0.3) is 0 Å². The largest absolute Gasteiger partial charge is 0.478 e. The highest BCUT2D eigenvalue weighted by Gasteiger charge is 2.30. The Morgan fingerprint density at radius 1 is 1.24 bits per heavy atom. The summed E-state index contributed by atoms with van der Waals surface area (Å²) in [6.07, 6.45) is -4.67. The molecule has 0 radical (unpaired) electrons. The first-order chi connectivity index (χ1) is 11.6. The van der Waals surface area contributed by atoms with Gasteiger partial charge >= 0.3 is 12.1 Å². The Balaban J connectivity index is 2.06. The van der Waals surface area contributed by atoms with E-state index in [1.807, 2.05) is 0 Å². The molecule has 1 amide bonds. The van der Waals surface area contributed by atoms with Crippen molar-refractivity contribution in [2.24, 2.45) is 0 Å². The first kappa shape index (κ1) is 18.6. The predicted octanol–water partition coefficient (Wildman–Crippen LogP) is 3.51. The number of amides is 1. The van der Waals surface area contributed by atoms with Crippen LogP contribution >= 0.6 is 0 Å². The third-order valence-corrected chi connectivity index (χ3v) is 3.63. The van der Waals surface area contributed by atoms with Gasteiger partial charge in [-0.05, 0) is 24.6 Å². The number of carbonyl (C=O) groups excluding carboxylic acids is 1. The van der Waals surface area contributed by atoms with Crippen LogP contribution in [0.2, 0.25) is 0 Å². The molecule has 1 aromatic heterocycles. The van der Waals surface area contributed by atoms with Crippen molar-refractivity contribution in [3.05, 3.63) is 58.5 Å². The second kappa shape index (κ2) is 7.00. The first-order valence-electron chi connectivity index (χ1n) is 7.30. The average molecular weight is 355 g/mol. The summed E-state index contributed by atoms with van der Waals surface area (Å²) in [5.74, 6) is -1.04. The van der Waals surface area contributed by atoms with Gasteiger partial charge in [-0.1, -0.05) is 18.2 Å². The van der Waals surface area contributed by atoms with Gasteiger partial charge in [-0.25, -0.2) is 4.79 Å². The molecule has 0 aliphatic heterocycles. The van der Waals surface area contributed by atoms with Gasteiger partial charge in [-0.3, -0.25) is 4.79 Å². The summed E-state index contributed by atoms with van der Waals surface area (Å²) in [7, 11) is 1.47. The van der Waals surface area contributed by atoms with Gasteiger partial charge in [0.25, 0.3) is 0 Å². The van der Waals surface area contributed by atoms with Gasteiger partial charge in [0.1, 0.15) is 17.1 Å². The van der Waals surface area contributed by atoms with Gasteiger partial charge in [0.2, 0.25) is 5.91 Å². The second-order valence-corrected chi connectivity index (χ2v) is 5.61. The summed E-state index contributed by atoms with van der Waals surface area (Å²) in [6, 6.07) is 5.90. The lowest BCUT2D eigenvalue weighted by atomic mass is 10.1. The van der Waals surface area contributed by atoms with Crippen molar-refractivity contribution >= 4 is 11.9 Å². The molecule has 8 heteroatoms. The molecule has 1 heterocycles. The van der Waals surface area contributed by atoms with E-state index in [4.69, 9.17) is 9.52 Å². The van der Waals surface area contributed by atoms with E-state index in [9.17, 15) is 22.8 Å². The van der Waals surface area contributed by atoms with Gasteiger partial charge in [0, 0.05) is 7.05 Å². The Morgan fingerprint density at radius 2 is 1.92 bits per heavy atom. The van der Waals surface area contributed by atoms with E-state index >= 15 is 0 Å². The fourth-order valence-electron chi connectivity index (χ4n) is 2.32. The van der Waals surface area contributed by atoms with Crippen LogP contribution in [0.3, 0.4) is 0 Å². The summed E-state index contributed by atoms with van der Waals surface area (Å²) in [6.45, 7) is 1.52. The number of nitrogens with zero attached hydrogens (tertiary/aromatic N) is 1. The molecule has 1 aromatic carbocycles. The van der Waals surface area contributed by atoms with Crippen molar-refractivity contribution in [2.45, 2.75) is 26.1 Å². The molecular weight excluding hydrogens is 339 g/mol. The molecule has 0 atom stereocenters. The number of furan rings is 1. The van der Waals surface area contributed by atoms with Crippen LogP contribution < -0.4 is 0 Å². The molecular formula is C17H16F3NO4. The first-order valence-corrected chi connectivity index (χ1v) is 7.30. The number of rotatable bonds is 5. The van der Waals surface area contributed by atoms with E-state index in [0.29, 0.717) is 0 Å². The number of likely N-dealkylation sites (N-methyl/N-ethyl adjacent to an activating group) is 1. The number of alkyl halides is 3. The molecule has 1 N–H and O–H groups in total. The van der Waals surface area contributed by atoms with E-state index in [1.165, 1.54) is 37.1 Å². The van der Waals surface area contributed by atoms with Crippen LogP contribution in [0.1, 0.15) is 33.0 Å². The van der Waals surface area contributed by atoms with Gasteiger partial charge in [-0.15, -0.1) is 0 Å². The Kier molecular flexibility index (Phi) is 5.20. The molecule has 134 valence electrons. The molecule has 0 bridgehead atoms. The number of carboxylic acid groups (broad SMARTS) is 1. The lowest BCUT2D eigenvalue weighted by molar-refractivity contribution is -0.138. The zero-order valence-corrected chi connectivity index (χ0v) is 13.6. The second-order valence-electron chi connectivity index (χ2n) is 5.61. The molecule has 25 heavy (non-hydrogen) atoms. The maximum atomic E-state index is 12.7. The molecule has 0 aliphatic rings. The Bertz CT molecular complexity index is 795. The van der Waals surface area contributed by atoms with Crippen molar-refractivity contribution in [3.63, 3.8) is 0 Å². The van der Waals surface area contributed by atoms with E-state index in [-0.39, 0.29) is 35.6 Å². The standard InChI is InChI=1S/C17H16F3NO4/c1-10-14(16(23)24)8-13(25-10)9-21(2)15(22)7-11-4-3-5-12(6-11)17(18,19)20/h3-6,8H,7,9H2,1-2H3,(H,23,24). The predicted molar refractivity (Wildman–Crippen MR) is 82.0 cm³/mol. The molecule has 2 aromatic rings. The van der Waals surface area contributed by atoms with Crippen molar-refractivity contribution < 1.29 is 32.3 Å². The number of carboxylic acids is 1. The monoisotopic (exact) mass is 355 g/mol. The number of aromatic carboxylic acids is 1. The molecule has 0 fully saturated rings. The summed E-state index contributed by atoms with van der Waals surface area (Å²) >= 11 is 0. The third kappa shape index (κ3) is 4.62. The summed E-state index contributed by atoms with van der Waals surface area (Å²) in [4.78, 5) is 24.4. The van der Waals surface area contributed by atoms with Gasteiger partial charge in [0.05, 0.1) is 18.5 Å². The summed E-state index contributed by atoms with van der Waals surface area (Å²) in [5, 5.41) is 8.98. The fourth-order valence-corrected chi connectivity index (χ4v) is 2.32. The number of hydrogen-bond donors (Lipinski definition) is 1. The van der Waals surface area contributed by atoms with Crippen molar-refractivity contribution in [2.75, 3.05) is 7.05 Å². The van der Waals surface area contributed by atoms with E-state index < -0.39 is 23.6 Å². The highest BCUT2D eigenvalue weighted by atomic mass is 19.4. The van der Waals surface area contributed by atoms with Gasteiger partial charge in [0.15, 0.2) is 0 Å². The van der Waals surface area contributed by atoms with E-state index in [1.54, 1.807) is 0 Å². The quantitative estimate of drug-likeness (QED) is 0.891. The van der Waals surface area contributed by atoms with Crippen LogP contribution in [0, 0.1) is 6.92 Å². The maximum absolute atomic E-state index is 12.7. The summed E-state index contributed by atoms with van der Waals surface area (Å²) in [5.41, 5.74) is -0.560. The highest BCUT2D eigenvalue weighted by Crippen LogP contribution is 2.29. The number of benzene rings is 1. The Hall–Kier alpha value is -2.77. The fraction of sp³-hybridized carbons (Fsp3) is 0.294. The Morgan fingerprint density at radius 3 is 2.48 bits per heavy atom. The maximum Gasteiger partial charge on any atom is 0.416 e. The topological polar surface area (TPSA) is 70.8 Å². The van der Waals surface area contributed by atoms with Crippen molar-refractivity contribution in [1.82, 2.24) is 4.90 Å². The number of hydrogen-bond acceptors (Lipinski definition) is 3. The molecule has 0 saturated heterocycles. The molecule has 5 nitrogen and oxygen atoms in total. The lowest BCUT2D eigenvalue weighted by Gasteiger charge is -2.16. The van der Waals surface area contributed by atoms with E-state index in [2.05, 4.69) is 0 Å². The molecule has 2 rings (SSSR count). The SMILES string of the molecule is Cc1oc(CN(C)C(=O)Cc2cccc(C(F)(F)F)c2)cc1C(=O)O. The number of carbonyl (C=O) groups is 2. The van der Waals surface area contributed by atoms with Crippen molar-refractivity contribution in [3.8, 4) is 0 Å². The minimum absolute atomic E-state index is 0.00808. The zero-order valence-electron chi connectivity index (χ0n) is 13.6. The lowest BCUT2D eigenvalue weighted by Crippen LogP contribution is -2.27.